The van der Waals surface area contributed by atoms with E-state index in [0.717, 1.165) is 5.56 Å². The predicted molar refractivity (Wildman–Crippen MR) is 70.5 cm³/mol. The van der Waals surface area contributed by atoms with Gasteiger partial charge < -0.3 is 0 Å². The molecule has 0 aliphatic carbocycles. The topological polar surface area (TPSA) is 40.5 Å². The van der Waals surface area contributed by atoms with Gasteiger partial charge in [0, 0.05) is 0 Å². The van der Waals surface area contributed by atoms with Crippen LogP contribution in [0, 0.1) is 6.92 Å². The highest BCUT2D eigenvalue weighted by atomic mass is 32.2. The molecule has 0 spiro atoms. The standard InChI is InChI=1S/C13H13NO2S/c1-11-7-9-13(10-8-11)14(17(15)16)12-5-3-2-4-6-12/h2-10H,1H3,(H,15,16). The normalized spacial score (nSPS) is 12.1. The molecule has 0 bridgehead atoms. The van der Waals surface area contributed by atoms with E-state index in [1.165, 1.54) is 4.31 Å². The van der Waals surface area contributed by atoms with Gasteiger partial charge in [-0.2, -0.15) is 0 Å². The average Bonchev–Trinajstić information content (AvgIpc) is 2.33. The fourth-order valence-electron chi connectivity index (χ4n) is 1.57. The molecule has 0 fully saturated rings. The maximum atomic E-state index is 11.4. The number of para-hydroxylation sites is 1. The first-order chi connectivity index (χ1) is 8.18. The van der Waals surface area contributed by atoms with Crippen molar-refractivity contribution in [1.29, 1.82) is 0 Å². The minimum Gasteiger partial charge on any atom is -0.289 e. The van der Waals surface area contributed by atoms with Crippen molar-refractivity contribution in [2.45, 2.75) is 6.92 Å². The van der Waals surface area contributed by atoms with E-state index in [1.807, 2.05) is 49.4 Å². The Hall–Kier alpha value is -1.65. The molecular formula is C13H13NO2S. The van der Waals surface area contributed by atoms with E-state index < -0.39 is 11.3 Å². The number of benzene rings is 2. The summed E-state index contributed by atoms with van der Waals surface area (Å²) in [6, 6.07) is 16.6. The van der Waals surface area contributed by atoms with Crippen molar-refractivity contribution in [2.75, 3.05) is 4.31 Å². The molecule has 0 saturated carbocycles. The molecule has 2 rings (SSSR count). The van der Waals surface area contributed by atoms with Crippen LogP contribution in [0.1, 0.15) is 5.56 Å². The zero-order chi connectivity index (χ0) is 12.3. The Kier molecular flexibility index (Phi) is 3.56. The molecule has 2 aromatic rings. The number of hydrogen-bond acceptors (Lipinski definition) is 1. The van der Waals surface area contributed by atoms with Gasteiger partial charge in [-0.3, -0.25) is 4.55 Å². The monoisotopic (exact) mass is 247 g/mol. The SMILES string of the molecule is Cc1ccc(N(c2ccccc2)S(=O)O)cc1. The average molecular weight is 247 g/mol. The first-order valence-corrected chi connectivity index (χ1v) is 6.27. The minimum absolute atomic E-state index is 0.692. The summed E-state index contributed by atoms with van der Waals surface area (Å²) in [5, 5.41) is 0. The fourth-order valence-corrected chi connectivity index (χ4v) is 2.18. The van der Waals surface area contributed by atoms with Crippen LogP contribution in [0.3, 0.4) is 0 Å². The molecule has 17 heavy (non-hydrogen) atoms. The largest absolute Gasteiger partial charge is 0.289 e. The zero-order valence-electron chi connectivity index (χ0n) is 9.41. The molecule has 0 heterocycles. The molecule has 0 saturated heterocycles. The Morgan fingerprint density at radius 1 is 0.941 bits per heavy atom. The van der Waals surface area contributed by atoms with E-state index in [-0.39, 0.29) is 0 Å². The van der Waals surface area contributed by atoms with E-state index in [2.05, 4.69) is 0 Å². The first-order valence-electron chi connectivity index (χ1n) is 5.21. The summed E-state index contributed by atoms with van der Waals surface area (Å²) in [6.45, 7) is 1.98. The van der Waals surface area contributed by atoms with E-state index in [0.29, 0.717) is 11.4 Å². The van der Waals surface area contributed by atoms with Crippen LogP contribution in [0.5, 0.6) is 0 Å². The lowest BCUT2D eigenvalue weighted by atomic mass is 10.2. The van der Waals surface area contributed by atoms with Gasteiger partial charge in [0.2, 0.25) is 0 Å². The highest BCUT2D eigenvalue weighted by molar-refractivity contribution is 7.81. The summed E-state index contributed by atoms with van der Waals surface area (Å²) in [6.07, 6.45) is 0. The first kappa shape index (κ1) is 11.8. The molecule has 0 radical (unpaired) electrons. The number of anilines is 2. The van der Waals surface area contributed by atoms with Crippen LogP contribution in [0.25, 0.3) is 0 Å². The lowest BCUT2D eigenvalue weighted by Crippen LogP contribution is -2.18. The predicted octanol–water partition coefficient (Wildman–Crippen LogP) is 3.27. The summed E-state index contributed by atoms with van der Waals surface area (Å²) in [7, 11) is 0. The molecule has 3 nitrogen and oxygen atoms in total. The smallest absolute Gasteiger partial charge is 0.266 e. The summed E-state index contributed by atoms with van der Waals surface area (Å²) in [5.74, 6) is 0. The van der Waals surface area contributed by atoms with Crippen LogP contribution < -0.4 is 4.31 Å². The maximum absolute atomic E-state index is 11.4. The molecule has 0 aliphatic rings. The number of nitrogens with zero attached hydrogens (tertiary/aromatic N) is 1. The van der Waals surface area contributed by atoms with Crippen LogP contribution in [0.15, 0.2) is 54.6 Å². The number of aryl methyl sites for hydroxylation is 1. The van der Waals surface area contributed by atoms with Gasteiger partial charge in [0.1, 0.15) is 0 Å². The van der Waals surface area contributed by atoms with Crippen molar-refractivity contribution in [3.63, 3.8) is 0 Å². The van der Waals surface area contributed by atoms with Crippen molar-refractivity contribution < 1.29 is 8.76 Å². The summed E-state index contributed by atoms with van der Waals surface area (Å²) >= 11 is -2.08. The van der Waals surface area contributed by atoms with Gasteiger partial charge in [-0.05, 0) is 31.2 Å². The minimum atomic E-state index is -2.08. The Morgan fingerprint density at radius 3 is 2.00 bits per heavy atom. The molecule has 0 amide bonds. The van der Waals surface area contributed by atoms with Crippen molar-refractivity contribution in [2.24, 2.45) is 0 Å². The van der Waals surface area contributed by atoms with Gasteiger partial charge in [0.05, 0.1) is 11.4 Å². The molecule has 0 aromatic heterocycles. The molecule has 1 atom stereocenters. The molecule has 4 heteroatoms. The van der Waals surface area contributed by atoms with Gasteiger partial charge in [0.25, 0.3) is 11.3 Å². The molecule has 88 valence electrons. The summed E-state index contributed by atoms with van der Waals surface area (Å²) < 4.78 is 22.2. The van der Waals surface area contributed by atoms with Gasteiger partial charge in [-0.1, -0.05) is 35.9 Å². The Balaban J connectivity index is 2.43. The summed E-state index contributed by atoms with van der Waals surface area (Å²) in [5.41, 5.74) is 2.50. The van der Waals surface area contributed by atoms with Crippen LogP contribution in [0.4, 0.5) is 11.4 Å². The van der Waals surface area contributed by atoms with Gasteiger partial charge in [-0.15, -0.1) is 0 Å². The quantitative estimate of drug-likeness (QED) is 0.846. The highest BCUT2D eigenvalue weighted by Crippen LogP contribution is 2.26. The lowest BCUT2D eigenvalue weighted by Gasteiger charge is -2.19. The van der Waals surface area contributed by atoms with E-state index >= 15 is 0 Å². The van der Waals surface area contributed by atoms with Crippen LogP contribution in [-0.4, -0.2) is 8.76 Å². The van der Waals surface area contributed by atoms with Crippen LogP contribution in [-0.2, 0) is 11.3 Å². The maximum Gasteiger partial charge on any atom is 0.266 e. The van der Waals surface area contributed by atoms with Crippen molar-refractivity contribution in [1.82, 2.24) is 0 Å². The van der Waals surface area contributed by atoms with Crippen molar-refractivity contribution in [3.8, 4) is 0 Å². The second kappa shape index (κ2) is 5.12. The number of rotatable bonds is 3. The third-order valence-electron chi connectivity index (χ3n) is 2.42. The third-order valence-corrected chi connectivity index (χ3v) is 3.15. The Morgan fingerprint density at radius 2 is 1.47 bits per heavy atom. The second-order valence-electron chi connectivity index (χ2n) is 3.70. The van der Waals surface area contributed by atoms with Gasteiger partial charge >= 0.3 is 0 Å². The van der Waals surface area contributed by atoms with Crippen LogP contribution in [0.2, 0.25) is 0 Å². The molecule has 1 unspecified atom stereocenters. The molecular weight excluding hydrogens is 234 g/mol. The van der Waals surface area contributed by atoms with Crippen molar-refractivity contribution in [3.05, 3.63) is 60.2 Å². The molecule has 2 aromatic carbocycles. The van der Waals surface area contributed by atoms with Crippen molar-refractivity contribution >= 4 is 22.6 Å². The summed E-state index contributed by atoms with van der Waals surface area (Å²) in [4.78, 5) is 0. The molecule has 1 N–H and O–H groups in total. The highest BCUT2D eigenvalue weighted by Gasteiger charge is 2.13. The number of hydrogen-bond donors (Lipinski definition) is 1. The Bertz CT molecular complexity index is 511. The Labute approximate surface area is 103 Å². The zero-order valence-corrected chi connectivity index (χ0v) is 10.2. The van der Waals surface area contributed by atoms with Gasteiger partial charge in [-0.25, -0.2) is 8.51 Å². The van der Waals surface area contributed by atoms with Gasteiger partial charge in [0.15, 0.2) is 0 Å². The van der Waals surface area contributed by atoms with E-state index in [4.69, 9.17) is 0 Å². The second-order valence-corrected chi connectivity index (χ2v) is 4.52. The van der Waals surface area contributed by atoms with E-state index in [9.17, 15) is 8.76 Å². The van der Waals surface area contributed by atoms with E-state index in [1.54, 1.807) is 12.1 Å². The van der Waals surface area contributed by atoms with Crippen LogP contribution >= 0.6 is 0 Å². The molecule has 0 aliphatic heterocycles. The fraction of sp³-hybridized carbons (Fsp3) is 0.0769. The lowest BCUT2D eigenvalue weighted by molar-refractivity contribution is 0.564. The third kappa shape index (κ3) is 2.72.